The Balaban J connectivity index is 1.96. The summed E-state index contributed by atoms with van der Waals surface area (Å²) in [5, 5.41) is 25.0. The predicted molar refractivity (Wildman–Crippen MR) is 119 cm³/mol. The lowest BCUT2D eigenvalue weighted by atomic mass is 10.0. The summed E-state index contributed by atoms with van der Waals surface area (Å²) < 4.78 is 34.2. The van der Waals surface area contributed by atoms with E-state index in [0.29, 0.717) is 22.8 Å². The quantitative estimate of drug-likeness (QED) is 0.477. The van der Waals surface area contributed by atoms with Gasteiger partial charge in [-0.15, -0.1) is 4.40 Å². The first-order chi connectivity index (χ1) is 14.7. The summed E-state index contributed by atoms with van der Waals surface area (Å²) in [5.41, 5.74) is 2.13. The third-order valence-electron chi connectivity index (χ3n) is 4.89. The number of rotatable bonds is 8. The molecule has 1 aliphatic rings. The maximum atomic E-state index is 12.6. The third kappa shape index (κ3) is 5.23. The minimum Gasteiger partial charge on any atom is -0.504 e. The topological polar surface area (TPSA) is 112 Å². The van der Waals surface area contributed by atoms with Crippen LogP contribution in [0.25, 0.3) is 0 Å². The van der Waals surface area contributed by atoms with Gasteiger partial charge in [0.25, 0.3) is 10.0 Å². The zero-order valence-electron chi connectivity index (χ0n) is 17.8. The Morgan fingerprint density at radius 2 is 2.00 bits per heavy atom. The lowest BCUT2D eigenvalue weighted by Crippen LogP contribution is -2.29. The smallest absolute Gasteiger partial charge is 0.285 e. The van der Waals surface area contributed by atoms with E-state index < -0.39 is 10.0 Å². The number of aliphatic hydroxyl groups excluding tert-OH is 1. The minimum atomic E-state index is -3.83. The van der Waals surface area contributed by atoms with Crippen molar-refractivity contribution in [3.63, 3.8) is 0 Å². The van der Waals surface area contributed by atoms with Crippen molar-refractivity contribution in [2.45, 2.75) is 31.6 Å². The molecule has 0 bridgehead atoms. The lowest BCUT2D eigenvalue weighted by Gasteiger charge is -2.18. The summed E-state index contributed by atoms with van der Waals surface area (Å²) in [6, 6.07) is 9.96. The van der Waals surface area contributed by atoms with Crippen molar-refractivity contribution in [2.24, 2.45) is 15.4 Å². The van der Waals surface area contributed by atoms with Crippen LogP contribution in [0, 0.1) is 5.92 Å². The van der Waals surface area contributed by atoms with Crippen molar-refractivity contribution in [3.05, 3.63) is 53.1 Å². The average molecular weight is 446 g/mol. The van der Waals surface area contributed by atoms with E-state index in [2.05, 4.69) is 23.3 Å². The molecule has 0 fully saturated rings. The molecule has 2 aromatic rings. The second kappa shape index (κ2) is 9.49. The molecule has 2 N–H and O–H groups in total. The third-order valence-corrected chi connectivity index (χ3v) is 6.21. The highest BCUT2D eigenvalue weighted by Crippen LogP contribution is 2.30. The Morgan fingerprint density at radius 3 is 2.68 bits per heavy atom. The minimum absolute atomic E-state index is 0.000907. The van der Waals surface area contributed by atoms with Crippen LogP contribution in [-0.4, -0.2) is 56.0 Å². The SMILES string of the molecule is COc1cc(/C=N/N(CCO)C2=NS(=O)(=O)c3ccc(CCC(C)C)cc32)ccc1O. The largest absolute Gasteiger partial charge is 0.504 e. The summed E-state index contributed by atoms with van der Waals surface area (Å²) in [7, 11) is -2.38. The van der Waals surface area contributed by atoms with Gasteiger partial charge in [-0.1, -0.05) is 19.9 Å². The van der Waals surface area contributed by atoms with Crippen LogP contribution in [0.5, 0.6) is 11.5 Å². The van der Waals surface area contributed by atoms with Gasteiger partial charge in [0.1, 0.15) is 4.90 Å². The van der Waals surface area contributed by atoms with Crippen LogP contribution < -0.4 is 4.74 Å². The van der Waals surface area contributed by atoms with Crippen LogP contribution in [-0.2, 0) is 16.4 Å². The van der Waals surface area contributed by atoms with Crippen LogP contribution >= 0.6 is 0 Å². The molecule has 0 atom stereocenters. The molecule has 1 heterocycles. The number of benzene rings is 2. The Labute approximate surface area is 182 Å². The molecule has 0 aromatic heterocycles. The first kappa shape index (κ1) is 22.8. The zero-order chi connectivity index (χ0) is 22.6. The molecule has 166 valence electrons. The number of amidine groups is 1. The second-order valence-corrected chi connectivity index (χ2v) is 9.25. The number of hydrogen-bond donors (Lipinski definition) is 2. The van der Waals surface area contributed by atoms with Gasteiger partial charge in [-0.2, -0.15) is 13.5 Å². The first-order valence-corrected chi connectivity index (χ1v) is 11.5. The van der Waals surface area contributed by atoms with Crippen molar-refractivity contribution in [1.29, 1.82) is 0 Å². The molecule has 0 amide bonds. The number of hydrazone groups is 1. The van der Waals surface area contributed by atoms with Gasteiger partial charge in [0.15, 0.2) is 17.3 Å². The fraction of sp³-hybridized carbons (Fsp3) is 0.364. The Hall–Kier alpha value is -2.91. The van der Waals surface area contributed by atoms with E-state index in [1.54, 1.807) is 18.2 Å². The number of aliphatic hydroxyl groups is 1. The van der Waals surface area contributed by atoms with Gasteiger partial charge in [0.05, 0.1) is 26.5 Å². The van der Waals surface area contributed by atoms with Crippen molar-refractivity contribution in [1.82, 2.24) is 5.01 Å². The second-order valence-electron chi connectivity index (χ2n) is 7.68. The molecule has 0 aliphatic carbocycles. The number of phenols is 1. The zero-order valence-corrected chi connectivity index (χ0v) is 18.6. The number of aromatic hydroxyl groups is 1. The Morgan fingerprint density at radius 1 is 1.23 bits per heavy atom. The molecule has 0 radical (unpaired) electrons. The normalized spacial score (nSPS) is 14.7. The molecular weight excluding hydrogens is 418 g/mol. The molecule has 0 spiro atoms. The number of hydrogen-bond acceptors (Lipinski definition) is 7. The number of methoxy groups -OCH3 is 1. The summed E-state index contributed by atoms with van der Waals surface area (Å²) in [6.07, 6.45) is 3.31. The molecule has 3 rings (SSSR count). The van der Waals surface area contributed by atoms with Gasteiger partial charge in [-0.05, 0) is 60.2 Å². The van der Waals surface area contributed by atoms with Crippen molar-refractivity contribution >= 4 is 22.1 Å². The molecular formula is C22H27N3O5S. The average Bonchev–Trinajstić information content (AvgIpc) is 3.00. The van der Waals surface area contributed by atoms with E-state index in [0.717, 1.165) is 18.4 Å². The lowest BCUT2D eigenvalue weighted by molar-refractivity contribution is 0.254. The first-order valence-electron chi connectivity index (χ1n) is 10.0. The highest BCUT2D eigenvalue weighted by atomic mass is 32.2. The molecule has 9 heteroatoms. The van der Waals surface area contributed by atoms with Crippen LogP contribution in [0.15, 0.2) is 50.8 Å². The van der Waals surface area contributed by atoms with Crippen LogP contribution in [0.2, 0.25) is 0 Å². The Kier molecular flexibility index (Phi) is 6.97. The maximum Gasteiger partial charge on any atom is 0.285 e. The summed E-state index contributed by atoms with van der Waals surface area (Å²) in [6.45, 7) is 4.11. The van der Waals surface area contributed by atoms with Gasteiger partial charge in [-0.25, -0.2) is 5.01 Å². The highest BCUT2D eigenvalue weighted by Gasteiger charge is 2.32. The monoisotopic (exact) mass is 445 g/mol. The number of sulfonamides is 1. The highest BCUT2D eigenvalue weighted by molar-refractivity contribution is 7.90. The molecule has 0 saturated heterocycles. The van der Waals surface area contributed by atoms with Gasteiger partial charge < -0.3 is 14.9 Å². The summed E-state index contributed by atoms with van der Waals surface area (Å²) in [5.74, 6) is 1.000. The number of phenolic OH excluding ortho intramolecular Hbond substituents is 1. The van der Waals surface area contributed by atoms with Gasteiger partial charge in [0.2, 0.25) is 0 Å². The van der Waals surface area contributed by atoms with Crippen LogP contribution in [0.3, 0.4) is 0 Å². The Bertz CT molecular complexity index is 1110. The van der Waals surface area contributed by atoms with E-state index in [-0.39, 0.29) is 29.6 Å². The maximum absolute atomic E-state index is 12.6. The molecule has 2 aromatic carbocycles. The predicted octanol–water partition coefficient (Wildman–Crippen LogP) is 2.77. The molecule has 31 heavy (non-hydrogen) atoms. The molecule has 0 saturated carbocycles. The number of nitrogens with zero attached hydrogens (tertiary/aromatic N) is 3. The number of ether oxygens (including phenoxy) is 1. The molecule has 0 unspecified atom stereocenters. The van der Waals surface area contributed by atoms with Crippen molar-refractivity contribution in [3.8, 4) is 11.5 Å². The van der Waals surface area contributed by atoms with Crippen molar-refractivity contribution < 1.29 is 23.4 Å². The van der Waals surface area contributed by atoms with E-state index in [9.17, 15) is 18.6 Å². The van der Waals surface area contributed by atoms with E-state index in [1.165, 1.54) is 24.4 Å². The summed E-state index contributed by atoms with van der Waals surface area (Å²) in [4.78, 5) is 0.139. The molecule has 1 aliphatic heterocycles. The van der Waals surface area contributed by atoms with E-state index in [4.69, 9.17) is 4.74 Å². The fourth-order valence-corrected chi connectivity index (χ4v) is 4.40. The van der Waals surface area contributed by atoms with Crippen molar-refractivity contribution in [2.75, 3.05) is 20.3 Å². The number of fused-ring (bicyclic) bond motifs is 1. The summed E-state index contributed by atoms with van der Waals surface area (Å²) >= 11 is 0. The van der Waals surface area contributed by atoms with E-state index in [1.807, 2.05) is 12.1 Å². The standard InChI is InChI=1S/C22H27N3O5S/c1-15(2)4-5-16-7-9-21-18(12-16)22(24-31(21,28)29)25(10-11-26)23-14-17-6-8-19(27)20(13-17)30-3/h6-9,12-15,26-27H,4-5,10-11H2,1-3H3/b23-14+. The molecule has 8 nitrogen and oxygen atoms in total. The van der Waals surface area contributed by atoms with Gasteiger partial charge >= 0.3 is 0 Å². The number of aryl methyl sites for hydroxylation is 1. The van der Waals surface area contributed by atoms with Crippen LogP contribution in [0.4, 0.5) is 0 Å². The van der Waals surface area contributed by atoms with Crippen LogP contribution in [0.1, 0.15) is 37.0 Å². The van der Waals surface area contributed by atoms with E-state index >= 15 is 0 Å². The van der Waals surface area contributed by atoms with Gasteiger partial charge in [-0.3, -0.25) is 0 Å². The fourth-order valence-electron chi connectivity index (χ4n) is 3.21. The van der Waals surface area contributed by atoms with Gasteiger partial charge in [0, 0.05) is 5.56 Å².